The number of phosphoric acid groups is 1. The third kappa shape index (κ3) is 12.4. The first-order valence-electron chi connectivity index (χ1n) is 2.58. The molecule has 0 N–H and O–H groups in total. The van der Waals surface area contributed by atoms with Crippen LogP contribution in [0.2, 0.25) is 0 Å². The van der Waals surface area contributed by atoms with Crippen LogP contribution < -0.4 is 9.79 Å². The Morgan fingerprint density at radius 1 is 1.50 bits per heavy atom. The first-order valence-corrected chi connectivity index (χ1v) is 4.04. The minimum Gasteiger partial charge on any atom is -0.790 e. The Labute approximate surface area is 101 Å². The van der Waals surface area contributed by atoms with Crippen molar-refractivity contribution in [1.82, 2.24) is 0 Å². The summed E-state index contributed by atoms with van der Waals surface area (Å²) in [5.74, 6) is 0.0706. The van der Waals surface area contributed by atoms with Gasteiger partial charge in [0.1, 0.15) is 0 Å². The normalized spacial score (nSPS) is 11.3. The quantitative estimate of drug-likeness (QED) is 0.499. The van der Waals surface area contributed by atoms with Crippen LogP contribution in [0.25, 0.3) is 0 Å². The Kier molecular flexibility index (Phi) is 8.85. The molecule has 0 aromatic carbocycles. The van der Waals surface area contributed by atoms with Gasteiger partial charge in [-0.25, -0.2) is 0 Å². The van der Waals surface area contributed by atoms with E-state index in [1.807, 2.05) is 0 Å². The Morgan fingerprint density at radius 3 is 2.00 bits per heavy atom. The molecule has 0 atom stereocenters. The average Bonchev–Trinajstić information content (AvgIpc) is 1.59. The summed E-state index contributed by atoms with van der Waals surface area (Å²) < 4.78 is 13.7. The number of phosphoric ester groups is 1. The van der Waals surface area contributed by atoms with Gasteiger partial charge >= 0.3 is 48.9 Å². The van der Waals surface area contributed by atoms with Crippen molar-refractivity contribution >= 4 is 56.7 Å². The Balaban J connectivity index is 0. The van der Waals surface area contributed by atoms with Crippen LogP contribution >= 0.6 is 7.82 Å². The molecule has 0 aliphatic heterocycles. The second-order valence-corrected chi connectivity index (χ2v) is 3.29. The van der Waals surface area contributed by atoms with E-state index in [9.17, 15) is 14.4 Å². The second kappa shape index (κ2) is 6.23. The van der Waals surface area contributed by atoms with Crippen LogP contribution in [0.1, 0.15) is 13.8 Å². The maximum Gasteiger partial charge on any atom is 2.00 e. The Bertz CT molecular complexity index is 120. The smallest absolute Gasteiger partial charge is 0.790 e. The van der Waals surface area contributed by atoms with Gasteiger partial charge in [-0.2, -0.15) is 0 Å². The fourth-order valence-corrected chi connectivity index (χ4v) is 0.721. The molecule has 56 valence electrons. The molecule has 0 aliphatic carbocycles. The van der Waals surface area contributed by atoms with E-state index < -0.39 is 7.82 Å². The van der Waals surface area contributed by atoms with Crippen LogP contribution in [-0.2, 0) is 9.09 Å². The third-order valence-electron chi connectivity index (χ3n) is 0.566. The van der Waals surface area contributed by atoms with E-state index in [1.165, 1.54) is 0 Å². The van der Waals surface area contributed by atoms with Crippen molar-refractivity contribution in [2.24, 2.45) is 5.92 Å². The molecule has 0 aromatic heterocycles. The van der Waals surface area contributed by atoms with Gasteiger partial charge < -0.3 is 18.9 Å². The van der Waals surface area contributed by atoms with Crippen molar-refractivity contribution in [3.05, 3.63) is 0 Å². The molecule has 0 amide bonds. The van der Waals surface area contributed by atoms with Gasteiger partial charge in [0.15, 0.2) is 0 Å². The van der Waals surface area contributed by atoms with E-state index in [-0.39, 0.29) is 61.4 Å². The molecule has 0 radical (unpaired) electrons. The molecule has 0 saturated heterocycles. The summed E-state index contributed by atoms with van der Waals surface area (Å²) >= 11 is 0. The summed E-state index contributed by atoms with van der Waals surface area (Å²) in [6, 6.07) is 0. The molecule has 0 fully saturated rings. The monoisotopic (exact) mass is 290 g/mol. The van der Waals surface area contributed by atoms with Gasteiger partial charge in [0, 0.05) is 0 Å². The zero-order valence-corrected chi connectivity index (χ0v) is 11.4. The summed E-state index contributed by atoms with van der Waals surface area (Å²) in [6.07, 6.45) is 0. The largest absolute Gasteiger partial charge is 2.00 e. The summed E-state index contributed by atoms with van der Waals surface area (Å²) in [4.78, 5) is 19.6. The molecule has 0 spiro atoms. The standard InChI is InChI=1S/C4H11O4P.Ba/c1-4(2)3-8-9(5,6)7;/h4H,3H2,1-2H3,(H2,5,6,7);/q;+2/p-2. The number of hydrogen-bond acceptors (Lipinski definition) is 4. The minimum atomic E-state index is -4.72. The van der Waals surface area contributed by atoms with E-state index in [0.29, 0.717) is 0 Å². The van der Waals surface area contributed by atoms with Gasteiger partial charge in [0.2, 0.25) is 0 Å². The molecule has 10 heavy (non-hydrogen) atoms. The molecule has 0 unspecified atom stereocenters. The van der Waals surface area contributed by atoms with E-state index in [1.54, 1.807) is 13.8 Å². The van der Waals surface area contributed by atoms with Crippen LogP contribution in [0.15, 0.2) is 0 Å². The van der Waals surface area contributed by atoms with E-state index in [4.69, 9.17) is 0 Å². The minimum absolute atomic E-state index is 0. The van der Waals surface area contributed by atoms with Crippen molar-refractivity contribution in [2.75, 3.05) is 6.61 Å². The first kappa shape index (κ1) is 14.2. The van der Waals surface area contributed by atoms with E-state index in [2.05, 4.69) is 4.52 Å². The maximum absolute atomic E-state index is 9.79. The van der Waals surface area contributed by atoms with Crippen LogP contribution in [0.4, 0.5) is 0 Å². The summed E-state index contributed by atoms with van der Waals surface area (Å²) in [7, 11) is -4.72. The van der Waals surface area contributed by atoms with Crippen molar-refractivity contribution < 1.29 is 18.9 Å². The summed E-state index contributed by atoms with van der Waals surface area (Å²) in [5.41, 5.74) is 0. The van der Waals surface area contributed by atoms with Gasteiger partial charge in [0.05, 0.1) is 14.4 Å². The molecule has 0 bridgehead atoms. The van der Waals surface area contributed by atoms with Crippen LogP contribution in [0.3, 0.4) is 0 Å². The fourth-order valence-electron chi connectivity index (χ4n) is 0.240. The van der Waals surface area contributed by atoms with Crippen molar-refractivity contribution in [2.45, 2.75) is 13.8 Å². The van der Waals surface area contributed by atoms with Crippen molar-refractivity contribution in [3.8, 4) is 0 Å². The van der Waals surface area contributed by atoms with Gasteiger partial charge in [0.25, 0.3) is 0 Å². The average molecular weight is 289 g/mol. The predicted octanol–water partition coefficient (Wildman–Crippen LogP) is -0.893. The molecule has 0 heterocycles. The van der Waals surface area contributed by atoms with Gasteiger partial charge in [-0.15, -0.1) is 0 Å². The molecule has 0 aliphatic rings. The first-order chi connectivity index (χ1) is 3.92. The topological polar surface area (TPSA) is 72.4 Å². The fraction of sp³-hybridized carbons (Fsp3) is 1.00. The Hall–Kier alpha value is 1.68. The molecule has 0 saturated carbocycles. The Morgan fingerprint density at radius 2 is 1.90 bits per heavy atom. The zero-order chi connectivity index (χ0) is 7.49. The predicted molar refractivity (Wildman–Crippen MR) is 34.2 cm³/mol. The van der Waals surface area contributed by atoms with E-state index in [0.717, 1.165) is 0 Å². The van der Waals surface area contributed by atoms with Crippen molar-refractivity contribution in [1.29, 1.82) is 0 Å². The van der Waals surface area contributed by atoms with Crippen LogP contribution in [0, 0.1) is 5.92 Å². The second-order valence-electron chi connectivity index (χ2n) is 2.14. The SMILES string of the molecule is CC(C)COP(=O)([O-])[O-].[Ba+2]. The van der Waals surface area contributed by atoms with Gasteiger partial charge in [-0.05, 0) is 5.92 Å². The summed E-state index contributed by atoms with van der Waals surface area (Å²) in [6.45, 7) is 3.50. The van der Waals surface area contributed by atoms with Gasteiger partial charge in [-0.3, -0.25) is 0 Å². The maximum atomic E-state index is 9.79. The molecule has 6 heteroatoms. The molecular formula is C4H9BaO4P. The zero-order valence-electron chi connectivity index (χ0n) is 6.07. The molecule has 0 aromatic rings. The third-order valence-corrected chi connectivity index (χ3v) is 1.03. The molecule has 4 nitrogen and oxygen atoms in total. The number of hydrogen-bond donors (Lipinski definition) is 0. The molecule has 0 rings (SSSR count). The van der Waals surface area contributed by atoms with Crippen molar-refractivity contribution in [3.63, 3.8) is 0 Å². The van der Waals surface area contributed by atoms with E-state index >= 15 is 0 Å². The van der Waals surface area contributed by atoms with Gasteiger partial charge in [-0.1, -0.05) is 13.8 Å². The molecular weight excluding hydrogens is 280 g/mol. The summed E-state index contributed by atoms with van der Waals surface area (Å²) in [5, 5.41) is 0. The van der Waals surface area contributed by atoms with Crippen LogP contribution in [0.5, 0.6) is 0 Å². The van der Waals surface area contributed by atoms with Crippen LogP contribution in [-0.4, -0.2) is 55.5 Å². The number of rotatable bonds is 3.